The maximum Gasteiger partial charge on any atom is 0.351 e. The molecule has 1 unspecified atom stereocenters. The van der Waals surface area contributed by atoms with Gasteiger partial charge < -0.3 is 19.9 Å². The van der Waals surface area contributed by atoms with E-state index in [1.165, 1.54) is 10.6 Å². The Morgan fingerprint density at radius 2 is 1.88 bits per heavy atom. The summed E-state index contributed by atoms with van der Waals surface area (Å²) in [6, 6.07) is 7.76. The predicted molar refractivity (Wildman–Crippen MR) is 129 cm³/mol. The van der Waals surface area contributed by atoms with Crippen LogP contribution in [0.3, 0.4) is 0 Å². The number of benzene rings is 1. The van der Waals surface area contributed by atoms with Crippen LogP contribution in [0.2, 0.25) is 0 Å². The van der Waals surface area contributed by atoms with Crippen molar-refractivity contribution in [3.05, 3.63) is 62.7 Å². The van der Waals surface area contributed by atoms with E-state index < -0.39 is 10.6 Å². The first-order valence-electron chi connectivity index (χ1n) is 11.2. The Hall–Kier alpha value is -2.82. The lowest BCUT2D eigenvalue weighted by Crippen LogP contribution is -2.28. The van der Waals surface area contributed by atoms with Crippen molar-refractivity contribution in [2.24, 2.45) is 0 Å². The van der Waals surface area contributed by atoms with Gasteiger partial charge in [0.25, 0.3) is 5.69 Å². The van der Waals surface area contributed by atoms with E-state index in [0.29, 0.717) is 18.0 Å². The van der Waals surface area contributed by atoms with Gasteiger partial charge in [-0.2, -0.15) is 4.98 Å². The van der Waals surface area contributed by atoms with Crippen LogP contribution in [-0.4, -0.2) is 46.5 Å². The highest BCUT2D eigenvalue weighted by Gasteiger charge is 2.27. The fourth-order valence-corrected chi connectivity index (χ4v) is 3.23. The highest BCUT2D eigenvalue weighted by atomic mass is 16.6. The fourth-order valence-electron chi connectivity index (χ4n) is 3.23. The van der Waals surface area contributed by atoms with Crippen LogP contribution in [0.25, 0.3) is 0 Å². The molecule has 0 aliphatic carbocycles. The van der Waals surface area contributed by atoms with Gasteiger partial charge in [-0.05, 0) is 25.8 Å². The fraction of sp³-hybridized carbons (Fsp3) is 0.565. The summed E-state index contributed by atoms with van der Waals surface area (Å²) in [5, 5.41) is 21.2. The summed E-state index contributed by atoms with van der Waals surface area (Å²) in [7, 11) is 2.61. The third-order valence-corrected chi connectivity index (χ3v) is 4.54. The molecule has 1 aromatic heterocycles. The molecule has 0 saturated carbocycles. The van der Waals surface area contributed by atoms with Crippen molar-refractivity contribution < 1.29 is 19.5 Å². The first-order valence-corrected chi connectivity index (χ1v) is 11.2. The Morgan fingerprint density at radius 3 is 2.45 bits per heavy atom. The molecular formula is C23H38N4O6. The van der Waals surface area contributed by atoms with E-state index in [4.69, 9.17) is 14.6 Å². The number of aliphatic hydroxyl groups is 1. The number of nitro groups is 1. The van der Waals surface area contributed by atoms with Gasteiger partial charge in [-0.25, -0.2) is 4.79 Å². The third-order valence-electron chi connectivity index (χ3n) is 4.54. The van der Waals surface area contributed by atoms with Gasteiger partial charge in [-0.1, -0.05) is 45.9 Å². The highest BCUT2D eigenvalue weighted by molar-refractivity contribution is 5.46. The molecule has 0 bridgehead atoms. The van der Waals surface area contributed by atoms with E-state index >= 15 is 0 Å². The van der Waals surface area contributed by atoms with Crippen LogP contribution in [0.4, 0.5) is 11.5 Å². The molecule has 3 atom stereocenters. The Balaban J connectivity index is 0.00000158. The molecular weight excluding hydrogens is 428 g/mol. The molecule has 0 amide bonds. The summed E-state index contributed by atoms with van der Waals surface area (Å²) in [6.07, 6.45) is 2.79. The maximum absolute atomic E-state index is 12.4. The van der Waals surface area contributed by atoms with Gasteiger partial charge >= 0.3 is 5.69 Å². The molecule has 3 rings (SSSR count). The number of hydrogen-bond acceptors (Lipinski definition) is 8. The lowest BCUT2D eigenvalue weighted by Gasteiger charge is -2.17. The Kier molecular flexibility index (Phi) is 15.3. The van der Waals surface area contributed by atoms with Gasteiger partial charge in [0.1, 0.15) is 12.0 Å². The summed E-state index contributed by atoms with van der Waals surface area (Å²) in [5.41, 5.74) is 0.113. The van der Waals surface area contributed by atoms with Gasteiger partial charge in [0.15, 0.2) is 0 Å². The first kappa shape index (κ1) is 30.2. The smallest absolute Gasteiger partial charge is 0.351 e. The Morgan fingerprint density at radius 1 is 1.24 bits per heavy atom. The third kappa shape index (κ3) is 8.91. The van der Waals surface area contributed by atoms with Gasteiger partial charge in [-0.3, -0.25) is 14.7 Å². The van der Waals surface area contributed by atoms with Crippen LogP contribution in [0.15, 0.2) is 41.3 Å². The molecule has 2 aromatic rings. The van der Waals surface area contributed by atoms with E-state index in [9.17, 15) is 14.9 Å². The van der Waals surface area contributed by atoms with Crippen LogP contribution in [0.1, 0.15) is 65.3 Å². The second-order valence-electron chi connectivity index (χ2n) is 6.43. The normalized spacial score (nSPS) is 17.2. The summed E-state index contributed by atoms with van der Waals surface area (Å²) >= 11 is 0. The first-order chi connectivity index (χ1) is 16.0. The van der Waals surface area contributed by atoms with Crippen LogP contribution in [0, 0.1) is 10.1 Å². The molecule has 1 saturated heterocycles. The maximum atomic E-state index is 12.4. The Labute approximate surface area is 195 Å². The van der Waals surface area contributed by atoms with Gasteiger partial charge in [0.2, 0.25) is 0 Å². The van der Waals surface area contributed by atoms with Crippen LogP contribution >= 0.6 is 0 Å². The van der Waals surface area contributed by atoms with E-state index in [1.54, 1.807) is 44.5 Å². The average Bonchev–Trinajstić information content (AvgIpc) is 3.31. The average molecular weight is 467 g/mol. The molecule has 1 aliphatic heterocycles. The summed E-state index contributed by atoms with van der Waals surface area (Å²) in [6.45, 7) is 10.3. The quantitative estimate of drug-likeness (QED) is 0.456. The number of nitrogens with zero attached hydrogens (tertiary/aromatic N) is 3. The van der Waals surface area contributed by atoms with Gasteiger partial charge in [0.05, 0.1) is 29.2 Å². The minimum Gasteiger partial charge on any atom is -0.400 e. The molecule has 186 valence electrons. The van der Waals surface area contributed by atoms with E-state index in [-0.39, 0.29) is 24.1 Å². The molecule has 1 fully saturated rings. The topological polar surface area (TPSA) is 129 Å². The van der Waals surface area contributed by atoms with Crippen molar-refractivity contribution in [2.75, 3.05) is 26.1 Å². The molecule has 10 nitrogen and oxygen atoms in total. The van der Waals surface area contributed by atoms with E-state index in [1.807, 2.05) is 27.7 Å². The molecule has 0 spiro atoms. The summed E-state index contributed by atoms with van der Waals surface area (Å²) in [4.78, 5) is 27.2. The minimum atomic E-state index is -0.433. The predicted octanol–water partition coefficient (Wildman–Crippen LogP) is 4.31. The van der Waals surface area contributed by atoms with Crippen LogP contribution < -0.4 is 11.0 Å². The molecule has 2 N–H and O–H groups in total. The minimum absolute atomic E-state index is 0.0226. The van der Waals surface area contributed by atoms with Gasteiger partial charge in [0, 0.05) is 26.5 Å². The number of para-hydroxylation sites is 1. The SMILES string of the molecule is CC.CC.CO.COC[C@@H]1CC[C@H](n2ccc(NC(C)c3ccccc3[N+](=O)[O-])nc2=O)O1. The molecule has 2 heterocycles. The van der Waals surface area contributed by atoms with Crippen molar-refractivity contribution in [3.8, 4) is 0 Å². The van der Waals surface area contributed by atoms with Crippen LogP contribution in [-0.2, 0) is 9.47 Å². The van der Waals surface area contributed by atoms with E-state index in [0.717, 1.165) is 20.0 Å². The van der Waals surface area contributed by atoms with Crippen molar-refractivity contribution in [1.82, 2.24) is 9.55 Å². The van der Waals surface area contributed by atoms with Gasteiger partial charge in [-0.15, -0.1) is 0 Å². The number of anilines is 1. The van der Waals surface area contributed by atoms with Crippen molar-refractivity contribution in [3.63, 3.8) is 0 Å². The zero-order chi connectivity index (χ0) is 25.4. The molecule has 10 heteroatoms. The molecule has 0 radical (unpaired) electrons. The lowest BCUT2D eigenvalue weighted by atomic mass is 10.1. The zero-order valence-corrected chi connectivity index (χ0v) is 20.6. The number of nitro benzene ring substituents is 1. The van der Waals surface area contributed by atoms with Crippen molar-refractivity contribution >= 4 is 11.5 Å². The molecule has 1 aromatic carbocycles. The number of aromatic nitrogens is 2. The number of ether oxygens (including phenoxy) is 2. The molecule has 33 heavy (non-hydrogen) atoms. The van der Waals surface area contributed by atoms with E-state index in [2.05, 4.69) is 10.3 Å². The second-order valence-corrected chi connectivity index (χ2v) is 6.43. The van der Waals surface area contributed by atoms with Crippen molar-refractivity contribution in [1.29, 1.82) is 0 Å². The standard InChI is InChI=1S/C18H22N4O5.2C2H6.CH4O/c1-12(14-5-3-4-6-15(14)22(24)25)19-16-9-10-21(18(23)20-16)17-8-7-13(27-17)11-26-2;3*1-2/h3-6,9-10,12-13,17H,7-8,11H2,1-2H3,(H,19,20,23);2*1-2H3;2H,1H3/t12?,13-,17+;;;/m0.../s1. The number of rotatable bonds is 7. The molecule has 1 aliphatic rings. The Bertz CT molecular complexity index is 874. The zero-order valence-electron chi connectivity index (χ0n) is 20.6. The lowest BCUT2D eigenvalue weighted by molar-refractivity contribution is -0.385. The number of methoxy groups -OCH3 is 1. The second kappa shape index (κ2) is 16.8. The number of nitrogens with one attached hydrogen (secondary N) is 1. The number of hydrogen-bond donors (Lipinski definition) is 2. The monoisotopic (exact) mass is 466 g/mol. The summed E-state index contributed by atoms with van der Waals surface area (Å²) in [5.74, 6) is 0.355. The van der Waals surface area contributed by atoms with Crippen molar-refractivity contribution in [2.45, 2.75) is 65.8 Å². The number of aliphatic hydroxyl groups excluding tert-OH is 1. The largest absolute Gasteiger partial charge is 0.400 e. The van der Waals surface area contributed by atoms with Crippen LogP contribution in [0.5, 0.6) is 0 Å². The highest BCUT2D eigenvalue weighted by Crippen LogP contribution is 2.28. The summed E-state index contributed by atoms with van der Waals surface area (Å²) < 4.78 is 12.3.